The van der Waals surface area contributed by atoms with Crippen molar-refractivity contribution in [3.63, 3.8) is 0 Å². The van der Waals surface area contributed by atoms with Crippen molar-refractivity contribution in [1.82, 2.24) is 14.3 Å². The maximum absolute atomic E-state index is 11.1. The summed E-state index contributed by atoms with van der Waals surface area (Å²) in [6.45, 7) is 1.38. The van der Waals surface area contributed by atoms with Crippen LogP contribution in [0.1, 0.15) is 18.5 Å². The molecule has 5 nitrogen and oxygen atoms in total. The predicted octanol–water partition coefficient (Wildman–Crippen LogP) is 2.04. The third kappa shape index (κ3) is 2.43. The SMILES string of the molecule is O=C(O)[C@H]1CCCN1Cc1cn2cc(Cl)ccc2n1. The van der Waals surface area contributed by atoms with E-state index in [-0.39, 0.29) is 6.04 Å². The smallest absolute Gasteiger partial charge is 0.320 e. The molecule has 0 bridgehead atoms. The van der Waals surface area contributed by atoms with Crippen LogP contribution in [0.5, 0.6) is 0 Å². The lowest BCUT2D eigenvalue weighted by molar-refractivity contribution is -0.142. The lowest BCUT2D eigenvalue weighted by atomic mass is 10.2. The third-order valence-corrected chi connectivity index (χ3v) is 3.70. The van der Waals surface area contributed by atoms with Crippen LogP contribution < -0.4 is 0 Å². The van der Waals surface area contributed by atoms with E-state index in [4.69, 9.17) is 16.7 Å². The standard InChI is InChI=1S/C13H14ClN3O2/c14-9-3-4-12-15-10(8-17(12)6-9)7-16-5-1-2-11(16)13(18)19/h3-4,6,8,11H,1-2,5,7H2,(H,18,19)/t11-/m1/s1. The van der Waals surface area contributed by atoms with Gasteiger partial charge in [-0.1, -0.05) is 11.6 Å². The number of rotatable bonds is 3. The maximum atomic E-state index is 11.1. The van der Waals surface area contributed by atoms with Crippen molar-refractivity contribution in [2.75, 3.05) is 6.54 Å². The summed E-state index contributed by atoms with van der Waals surface area (Å²) in [4.78, 5) is 17.6. The van der Waals surface area contributed by atoms with Crippen molar-refractivity contribution in [2.45, 2.75) is 25.4 Å². The van der Waals surface area contributed by atoms with Gasteiger partial charge in [0, 0.05) is 18.9 Å². The van der Waals surface area contributed by atoms with E-state index in [0.717, 1.165) is 24.3 Å². The Morgan fingerprint density at radius 2 is 2.32 bits per heavy atom. The molecule has 1 aliphatic rings. The molecule has 2 aromatic heterocycles. The molecule has 19 heavy (non-hydrogen) atoms. The summed E-state index contributed by atoms with van der Waals surface area (Å²) in [5.41, 5.74) is 1.70. The van der Waals surface area contributed by atoms with E-state index in [0.29, 0.717) is 18.0 Å². The molecule has 0 amide bonds. The first kappa shape index (κ1) is 12.4. The van der Waals surface area contributed by atoms with Crippen LogP contribution in [0.25, 0.3) is 5.65 Å². The Morgan fingerprint density at radius 1 is 1.47 bits per heavy atom. The fourth-order valence-electron chi connectivity index (χ4n) is 2.60. The second-order valence-corrected chi connectivity index (χ2v) is 5.25. The molecule has 1 fully saturated rings. The average molecular weight is 280 g/mol. The Balaban J connectivity index is 1.83. The molecular weight excluding hydrogens is 266 g/mol. The number of halogens is 1. The maximum Gasteiger partial charge on any atom is 0.320 e. The Labute approximate surface area is 115 Å². The van der Waals surface area contributed by atoms with E-state index in [1.807, 2.05) is 21.6 Å². The largest absolute Gasteiger partial charge is 0.480 e. The fraction of sp³-hybridized carbons (Fsp3) is 0.385. The molecule has 0 spiro atoms. The number of aromatic nitrogens is 2. The number of imidazole rings is 1. The van der Waals surface area contributed by atoms with Crippen LogP contribution in [0.2, 0.25) is 5.02 Å². The first-order chi connectivity index (χ1) is 9.13. The van der Waals surface area contributed by atoms with Gasteiger partial charge >= 0.3 is 5.97 Å². The molecule has 1 N–H and O–H groups in total. The van der Waals surface area contributed by atoms with Crippen LogP contribution in [0, 0.1) is 0 Å². The van der Waals surface area contributed by atoms with Crippen molar-refractivity contribution < 1.29 is 9.90 Å². The van der Waals surface area contributed by atoms with Gasteiger partial charge in [-0.3, -0.25) is 9.69 Å². The van der Waals surface area contributed by atoms with Gasteiger partial charge < -0.3 is 9.51 Å². The summed E-state index contributed by atoms with van der Waals surface area (Å²) < 4.78 is 1.86. The topological polar surface area (TPSA) is 57.8 Å². The number of aliphatic carboxylic acids is 1. The van der Waals surface area contributed by atoms with Crippen molar-refractivity contribution in [2.24, 2.45) is 0 Å². The van der Waals surface area contributed by atoms with Crippen LogP contribution in [0.3, 0.4) is 0 Å². The molecule has 0 saturated carbocycles. The summed E-state index contributed by atoms with van der Waals surface area (Å²) in [6.07, 6.45) is 5.34. The number of pyridine rings is 1. The number of nitrogens with zero attached hydrogens (tertiary/aromatic N) is 3. The number of carboxylic acid groups (broad SMARTS) is 1. The molecule has 0 aliphatic carbocycles. The van der Waals surface area contributed by atoms with Gasteiger partial charge in [0.05, 0.1) is 10.7 Å². The van der Waals surface area contributed by atoms with Gasteiger partial charge in [0.1, 0.15) is 11.7 Å². The Bertz CT molecular complexity index is 625. The molecular formula is C13H14ClN3O2. The normalized spacial score (nSPS) is 20.2. The van der Waals surface area contributed by atoms with Crippen molar-refractivity contribution in [1.29, 1.82) is 0 Å². The zero-order valence-corrected chi connectivity index (χ0v) is 11.0. The molecule has 0 radical (unpaired) electrons. The van der Waals surface area contributed by atoms with Gasteiger partial charge in [-0.2, -0.15) is 0 Å². The van der Waals surface area contributed by atoms with Crippen LogP contribution in [-0.2, 0) is 11.3 Å². The van der Waals surface area contributed by atoms with Crippen LogP contribution in [-0.4, -0.2) is 37.9 Å². The highest BCUT2D eigenvalue weighted by atomic mass is 35.5. The second kappa shape index (κ2) is 4.83. The highest BCUT2D eigenvalue weighted by molar-refractivity contribution is 6.30. The van der Waals surface area contributed by atoms with Gasteiger partial charge in [0.2, 0.25) is 0 Å². The van der Waals surface area contributed by atoms with E-state index >= 15 is 0 Å². The van der Waals surface area contributed by atoms with Gasteiger partial charge in [-0.25, -0.2) is 4.98 Å². The second-order valence-electron chi connectivity index (χ2n) is 4.81. The van der Waals surface area contributed by atoms with Crippen LogP contribution >= 0.6 is 11.6 Å². The zero-order chi connectivity index (χ0) is 13.4. The number of fused-ring (bicyclic) bond motifs is 1. The van der Waals surface area contributed by atoms with Gasteiger partial charge in [0.25, 0.3) is 0 Å². The predicted molar refractivity (Wildman–Crippen MR) is 71.3 cm³/mol. The molecule has 3 heterocycles. The molecule has 0 aromatic carbocycles. The first-order valence-corrected chi connectivity index (χ1v) is 6.61. The first-order valence-electron chi connectivity index (χ1n) is 6.23. The molecule has 1 saturated heterocycles. The van der Waals surface area contributed by atoms with E-state index in [1.165, 1.54) is 0 Å². The summed E-state index contributed by atoms with van der Waals surface area (Å²) in [7, 11) is 0. The highest BCUT2D eigenvalue weighted by Crippen LogP contribution is 2.20. The fourth-order valence-corrected chi connectivity index (χ4v) is 2.76. The summed E-state index contributed by atoms with van der Waals surface area (Å²) in [5.74, 6) is -0.746. The summed E-state index contributed by atoms with van der Waals surface area (Å²) >= 11 is 5.93. The van der Waals surface area contributed by atoms with Crippen LogP contribution in [0.15, 0.2) is 24.5 Å². The summed E-state index contributed by atoms with van der Waals surface area (Å²) in [5, 5.41) is 9.81. The van der Waals surface area contributed by atoms with E-state index in [9.17, 15) is 4.79 Å². The number of hydrogen-bond acceptors (Lipinski definition) is 3. The van der Waals surface area contributed by atoms with Crippen molar-refractivity contribution >= 4 is 23.2 Å². The Hall–Kier alpha value is -1.59. The van der Waals surface area contributed by atoms with E-state index < -0.39 is 5.97 Å². The number of carboxylic acids is 1. The highest BCUT2D eigenvalue weighted by Gasteiger charge is 2.30. The minimum atomic E-state index is -0.746. The molecule has 100 valence electrons. The minimum Gasteiger partial charge on any atom is -0.480 e. The lowest BCUT2D eigenvalue weighted by Gasteiger charge is -2.19. The average Bonchev–Trinajstić information content (AvgIpc) is 2.95. The monoisotopic (exact) mass is 279 g/mol. The van der Waals surface area contributed by atoms with Gasteiger partial charge in [-0.05, 0) is 31.5 Å². The van der Waals surface area contributed by atoms with E-state index in [2.05, 4.69) is 4.98 Å². The Morgan fingerprint density at radius 3 is 3.11 bits per heavy atom. The minimum absolute atomic E-state index is 0.381. The third-order valence-electron chi connectivity index (χ3n) is 3.48. The number of hydrogen-bond donors (Lipinski definition) is 1. The number of likely N-dealkylation sites (tertiary alicyclic amines) is 1. The zero-order valence-electron chi connectivity index (χ0n) is 10.3. The van der Waals surface area contributed by atoms with Gasteiger partial charge in [-0.15, -0.1) is 0 Å². The molecule has 6 heteroatoms. The van der Waals surface area contributed by atoms with Crippen molar-refractivity contribution in [3.8, 4) is 0 Å². The number of carbonyl (C=O) groups is 1. The molecule has 1 atom stereocenters. The van der Waals surface area contributed by atoms with Crippen molar-refractivity contribution in [3.05, 3.63) is 35.2 Å². The van der Waals surface area contributed by atoms with Gasteiger partial charge in [0.15, 0.2) is 0 Å². The van der Waals surface area contributed by atoms with E-state index in [1.54, 1.807) is 12.3 Å². The molecule has 1 aliphatic heterocycles. The molecule has 3 rings (SSSR count). The quantitative estimate of drug-likeness (QED) is 0.934. The molecule has 2 aromatic rings. The Kier molecular flexibility index (Phi) is 3.16. The summed E-state index contributed by atoms with van der Waals surface area (Å²) in [6, 6.07) is 3.27. The lowest BCUT2D eigenvalue weighted by Crippen LogP contribution is -2.35. The van der Waals surface area contributed by atoms with Crippen LogP contribution in [0.4, 0.5) is 0 Å². The molecule has 0 unspecified atom stereocenters.